The molecule has 2 aliphatic rings. The second kappa shape index (κ2) is 7.97. The van der Waals surface area contributed by atoms with Crippen LogP contribution in [0.25, 0.3) is 0 Å². The van der Waals surface area contributed by atoms with E-state index < -0.39 is 11.7 Å². The number of halogens is 3. The second-order valence-corrected chi connectivity index (χ2v) is 7.39. The van der Waals surface area contributed by atoms with Crippen molar-refractivity contribution in [1.82, 2.24) is 5.32 Å². The fraction of sp³-hybridized carbons (Fsp3) is 0.409. The Morgan fingerprint density at radius 2 is 1.83 bits per heavy atom. The molecule has 0 aromatic heterocycles. The summed E-state index contributed by atoms with van der Waals surface area (Å²) in [6.07, 6.45) is -2.98. The molecule has 0 spiro atoms. The number of amidine groups is 1. The number of alkyl halides is 3. The van der Waals surface area contributed by atoms with Gasteiger partial charge >= 0.3 is 6.18 Å². The van der Waals surface area contributed by atoms with Crippen molar-refractivity contribution in [3.63, 3.8) is 0 Å². The van der Waals surface area contributed by atoms with E-state index in [2.05, 4.69) is 17.2 Å². The van der Waals surface area contributed by atoms with Gasteiger partial charge in [-0.3, -0.25) is 4.99 Å². The minimum Gasteiger partial charge on any atom is -0.486 e. The van der Waals surface area contributed by atoms with Crippen LogP contribution in [0.3, 0.4) is 0 Å². The van der Waals surface area contributed by atoms with Crippen LogP contribution in [-0.4, -0.2) is 31.1 Å². The maximum atomic E-state index is 12.7. The molecule has 2 aliphatic heterocycles. The van der Waals surface area contributed by atoms with E-state index in [-0.39, 0.29) is 18.1 Å². The summed E-state index contributed by atoms with van der Waals surface area (Å²) >= 11 is 0. The number of fused-ring (bicyclic) bond motifs is 1. The van der Waals surface area contributed by atoms with Gasteiger partial charge in [0.2, 0.25) is 0 Å². The van der Waals surface area contributed by atoms with Gasteiger partial charge in [0.05, 0.1) is 24.1 Å². The Morgan fingerprint density at radius 1 is 1.10 bits per heavy atom. The number of ether oxygens (including phenoxy) is 2. The van der Waals surface area contributed by atoms with E-state index in [1.807, 2.05) is 24.3 Å². The summed E-state index contributed by atoms with van der Waals surface area (Å²) in [5.41, 5.74) is 0.226. The molecule has 7 heteroatoms. The molecule has 0 radical (unpaired) electrons. The summed E-state index contributed by atoms with van der Waals surface area (Å²) in [4.78, 5) is 4.66. The highest BCUT2D eigenvalue weighted by molar-refractivity contribution is 5.87. The molecular weight excluding hydrogens is 381 g/mol. The highest BCUT2D eigenvalue weighted by Crippen LogP contribution is 2.34. The van der Waals surface area contributed by atoms with E-state index in [0.717, 1.165) is 41.5 Å². The SMILES string of the molecule is CCC(C1=NCC(Cc2ccc(C(F)(F)F)cc2)N1)C1COc2ccccc2O1. The molecule has 0 bridgehead atoms. The summed E-state index contributed by atoms with van der Waals surface area (Å²) in [5.74, 6) is 2.44. The lowest BCUT2D eigenvalue weighted by atomic mass is 9.97. The third-order valence-corrected chi connectivity index (χ3v) is 5.37. The first-order chi connectivity index (χ1) is 13.9. The van der Waals surface area contributed by atoms with Gasteiger partial charge in [-0.25, -0.2) is 0 Å². The largest absolute Gasteiger partial charge is 0.486 e. The van der Waals surface area contributed by atoms with Gasteiger partial charge in [-0.05, 0) is 42.7 Å². The number of benzene rings is 2. The van der Waals surface area contributed by atoms with E-state index in [9.17, 15) is 13.2 Å². The summed E-state index contributed by atoms with van der Waals surface area (Å²) in [6.45, 7) is 3.14. The normalized spacial score (nSPS) is 22.0. The number of aliphatic imine (C=N–C) groups is 1. The molecule has 1 N–H and O–H groups in total. The van der Waals surface area contributed by atoms with Crippen molar-refractivity contribution in [1.29, 1.82) is 0 Å². The highest BCUT2D eigenvalue weighted by Gasteiger charge is 2.34. The van der Waals surface area contributed by atoms with Crippen LogP contribution in [0.1, 0.15) is 24.5 Å². The molecule has 154 valence electrons. The van der Waals surface area contributed by atoms with Gasteiger partial charge in [0.15, 0.2) is 11.5 Å². The average molecular weight is 404 g/mol. The standard InChI is InChI=1S/C22H23F3N2O2/c1-2-17(20-13-28-18-5-3-4-6-19(18)29-20)21-26-12-16(27-21)11-14-7-9-15(10-8-14)22(23,24)25/h3-10,16-17,20H,2,11-13H2,1H3,(H,26,27). The van der Waals surface area contributed by atoms with Crippen LogP contribution in [0.15, 0.2) is 53.5 Å². The molecule has 3 unspecified atom stereocenters. The third kappa shape index (κ3) is 4.33. The van der Waals surface area contributed by atoms with Gasteiger partial charge in [-0.1, -0.05) is 31.2 Å². The Morgan fingerprint density at radius 3 is 2.52 bits per heavy atom. The molecular formula is C22H23F3N2O2. The van der Waals surface area contributed by atoms with Crippen LogP contribution in [0, 0.1) is 5.92 Å². The Kier molecular flexibility index (Phi) is 5.39. The first-order valence-corrected chi connectivity index (χ1v) is 9.79. The van der Waals surface area contributed by atoms with Crippen molar-refractivity contribution in [2.45, 2.75) is 38.1 Å². The van der Waals surface area contributed by atoms with Crippen molar-refractivity contribution in [3.05, 3.63) is 59.7 Å². The zero-order valence-electron chi connectivity index (χ0n) is 16.1. The second-order valence-electron chi connectivity index (χ2n) is 7.39. The zero-order valence-corrected chi connectivity index (χ0v) is 16.1. The lowest BCUT2D eigenvalue weighted by molar-refractivity contribution is -0.137. The Hall–Kier alpha value is -2.70. The van der Waals surface area contributed by atoms with Gasteiger partial charge in [-0.2, -0.15) is 13.2 Å². The van der Waals surface area contributed by atoms with E-state index in [1.54, 1.807) is 0 Å². The minimum absolute atomic E-state index is 0.0626. The molecule has 2 heterocycles. The van der Waals surface area contributed by atoms with Crippen LogP contribution in [0.2, 0.25) is 0 Å². The molecule has 0 saturated heterocycles. The number of para-hydroxylation sites is 2. The summed E-state index contributed by atoms with van der Waals surface area (Å²) < 4.78 is 50.1. The topological polar surface area (TPSA) is 42.9 Å². The predicted octanol–water partition coefficient (Wildman–Crippen LogP) is 4.48. The number of rotatable bonds is 5. The molecule has 4 nitrogen and oxygen atoms in total. The quantitative estimate of drug-likeness (QED) is 0.799. The molecule has 29 heavy (non-hydrogen) atoms. The molecule has 0 amide bonds. The van der Waals surface area contributed by atoms with Crippen LogP contribution >= 0.6 is 0 Å². The van der Waals surface area contributed by atoms with Crippen LogP contribution < -0.4 is 14.8 Å². The molecule has 0 aliphatic carbocycles. The Balaban J connectivity index is 1.37. The number of hydrogen-bond acceptors (Lipinski definition) is 4. The van der Waals surface area contributed by atoms with Crippen molar-refractivity contribution in [3.8, 4) is 11.5 Å². The van der Waals surface area contributed by atoms with Crippen molar-refractivity contribution < 1.29 is 22.6 Å². The Labute approximate surface area is 167 Å². The molecule has 0 saturated carbocycles. The number of hydrogen-bond donors (Lipinski definition) is 1. The van der Waals surface area contributed by atoms with E-state index >= 15 is 0 Å². The molecule has 2 aromatic rings. The lowest BCUT2D eigenvalue weighted by Crippen LogP contribution is -2.45. The molecule has 4 rings (SSSR count). The van der Waals surface area contributed by atoms with E-state index in [0.29, 0.717) is 19.6 Å². The average Bonchev–Trinajstić information content (AvgIpc) is 3.16. The van der Waals surface area contributed by atoms with Crippen LogP contribution in [0.4, 0.5) is 13.2 Å². The van der Waals surface area contributed by atoms with E-state index in [1.165, 1.54) is 12.1 Å². The lowest BCUT2D eigenvalue weighted by Gasteiger charge is -2.32. The van der Waals surface area contributed by atoms with Crippen molar-refractivity contribution in [2.75, 3.05) is 13.2 Å². The maximum Gasteiger partial charge on any atom is 0.416 e. The summed E-state index contributed by atoms with van der Waals surface area (Å²) in [6, 6.07) is 13.0. The van der Waals surface area contributed by atoms with Crippen LogP contribution in [0.5, 0.6) is 11.5 Å². The first kappa shape index (κ1) is 19.6. The summed E-state index contributed by atoms with van der Waals surface area (Å²) in [5, 5.41) is 3.45. The third-order valence-electron chi connectivity index (χ3n) is 5.37. The predicted molar refractivity (Wildman–Crippen MR) is 105 cm³/mol. The maximum absolute atomic E-state index is 12.7. The zero-order chi connectivity index (χ0) is 20.4. The smallest absolute Gasteiger partial charge is 0.416 e. The summed E-state index contributed by atoms with van der Waals surface area (Å²) in [7, 11) is 0. The molecule has 3 atom stereocenters. The van der Waals surface area contributed by atoms with E-state index in [4.69, 9.17) is 9.47 Å². The monoisotopic (exact) mass is 404 g/mol. The fourth-order valence-electron chi connectivity index (χ4n) is 3.83. The molecule has 2 aromatic carbocycles. The van der Waals surface area contributed by atoms with Crippen molar-refractivity contribution in [2.24, 2.45) is 10.9 Å². The Bertz CT molecular complexity index is 880. The van der Waals surface area contributed by atoms with Crippen molar-refractivity contribution >= 4 is 5.84 Å². The molecule has 0 fully saturated rings. The van der Waals surface area contributed by atoms with Gasteiger partial charge in [0, 0.05) is 0 Å². The van der Waals surface area contributed by atoms with Gasteiger partial charge < -0.3 is 14.8 Å². The fourth-order valence-corrected chi connectivity index (χ4v) is 3.83. The van der Waals surface area contributed by atoms with Crippen LogP contribution in [-0.2, 0) is 12.6 Å². The number of nitrogens with one attached hydrogen (secondary N) is 1. The van der Waals surface area contributed by atoms with Gasteiger partial charge in [-0.15, -0.1) is 0 Å². The first-order valence-electron chi connectivity index (χ1n) is 9.79. The van der Waals surface area contributed by atoms with Gasteiger partial charge in [0.25, 0.3) is 0 Å². The van der Waals surface area contributed by atoms with Gasteiger partial charge in [0.1, 0.15) is 18.5 Å². The number of nitrogens with zero attached hydrogens (tertiary/aromatic N) is 1. The minimum atomic E-state index is -4.31. The highest BCUT2D eigenvalue weighted by atomic mass is 19.4.